The Hall–Kier alpha value is -3.87. The van der Waals surface area contributed by atoms with E-state index in [-0.39, 0.29) is 11.9 Å². The second kappa shape index (κ2) is 9.09. The SMILES string of the molecule is COc1ccc(C(NC(=O)c2ccc(Cn3nc(C)cc3C)cc2)c2nccn2C)cc1. The molecule has 0 aliphatic carbocycles. The summed E-state index contributed by atoms with van der Waals surface area (Å²) in [5.41, 5.74) is 4.71. The van der Waals surface area contributed by atoms with Crippen molar-refractivity contribution in [1.29, 1.82) is 0 Å². The average molecular weight is 430 g/mol. The first kappa shape index (κ1) is 21.4. The van der Waals surface area contributed by atoms with Crippen molar-refractivity contribution in [3.63, 3.8) is 0 Å². The largest absolute Gasteiger partial charge is 0.497 e. The summed E-state index contributed by atoms with van der Waals surface area (Å²) in [7, 11) is 3.55. The lowest BCUT2D eigenvalue weighted by Gasteiger charge is -2.19. The Morgan fingerprint density at radius 3 is 2.38 bits per heavy atom. The summed E-state index contributed by atoms with van der Waals surface area (Å²) in [6, 6.07) is 16.9. The lowest BCUT2D eigenvalue weighted by Crippen LogP contribution is -2.31. The molecule has 7 heteroatoms. The second-order valence-corrected chi connectivity index (χ2v) is 7.86. The zero-order valence-corrected chi connectivity index (χ0v) is 18.7. The van der Waals surface area contributed by atoms with Crippen LogP contribution in [0.25, 0.3) is 0 Å². The zero-order valence-electron chi connectivity index (χ0n) is 18.7. The normalized spacial score (nSPS) is 11.9. The maximum absolute atomic E-state index is 13.1. The highest BCUT2D eigenvalue weighted by Gasteiger charge is 2.21. The Bertz CT molecular complexity index is 1210. The molecule has 4 aromatic rings. The molecule has 1 atom stereocenters. The second-order valence-electron chi connectivity index (χ2n) is 7.86. The van der Waals surface area contributed by atoms with Crippen molar-refractivity contribution in [3.8, 4) is 5.75 Å². The lowest BCUT2D eigenvalue weighted by molar-refractivity contribution is 0.0941. The number of imidazole rings is 1. The van der Waals surface area contributed by atoms with Crippen LogP contribution in [-0.4, -0.2) is 32.3 Å². The van der Waals surface area contributed by atoms with Crippen LogP contribution in [0.15, 0.2) is 67.0 Å². The monoisotopic (exact) mass is 429 g/mol. The number of aromatic nitrogens is 4. The van der Waals surface area contributed by atoms with Crippen LogP contribution in [0.2, 0.25) is 0 Å². The summed E-state index contributed by atoms with van der Waals surface area (Å²) in [6.07, 6.45) is 3.59. The van der Waals surface area contributed by atoms with E-state index < -0.39 is 0 Å². The van der Waals surface area contributed by atoms with Crippen molar-refractivity contribution in [2.24, 2.45) is 7.05 Å². The van der Waals surface area contributed by atoms with E-state index in [1.54, 1.807) is 13.3 Å². The molecule has 0 fully saturated rings. The molecule has 0 saturated heterocycles. The molecule has 2 heterocycles. The number of hydrogen-bond donors (Lipinski definition) is 1. The van der Waals surface area contributed by atoms with Crippen LogP contribution in [-0.2, 0) is 13.6 Å². The van der Waals surface area contributed by atoms with Gasteiger partial charge in [-0.05, 0) is 55.3 Å². The van der Waals surface area contributed by atoms with Crippen LogP contribution in [0.4, 0.5) is 0 Å². The van der Waals surface area contributed by atoms with Gasteiger partial charge in [0, 0.05) is 30.7 Å². The van der Waals surface area contributed by atoms with Gasteiger partial charge in [0.1, 0.15) is 17.6 Å². The minimum atomic E-state index is -0.386. The number of nitrogens with one attached hydrogen (secondary N) is 1. The summed E-state index contributed by atoms with van der Waals surface area (Å²) in [4.78, 5) is 17.6. The van der Waals surface area contributed by atoms with E-state index in [1.807, 2.05) is 84.9 Å². The molecular formula is C25H27N5O2. The van der Waals surface area contributed by atoms with Crippen LogP contribution >= 0.6 is 0 Å². The van der Waals surface area contributed by atoms with Gasteiger partial charge in [-0.25, -0.2) is 4.98 Å². The van der Waals surface area contributed by atoms with E-state index in [9.17, 15) is 4.79 Å². The van der Waals surface area contributed by atoms with Crippen molar-refractivity contribution in [2.45, 2.75) is 26.4 Å². The van der Waals surface area contributed by atoms with Gasteiger partial charge in [-0.1, -0.05) is 24.3 Å². The van der Waals surface area contributed by atoms with Crippen LogP contribution in [0.3, 0.4) is 0 Å². The third-order valence-electron chi connectivity index (χ3n) is 5.49. The Morgan fingerprint density at radius 1 is 1.09 bits per heavy atom. The van der Waals surface area contributed by atoms with E-state index in [0.717, 1.165) is 34.1 Å². The zero-order chi connectivity index (χ0) is 22.7. The molecule has 0 radical (unpaired) electrons. The van der Waals surface area contributed by atoms with Gasteiger partial charge in [0.15, 0.2) is 0 Å². The highest BCUT2D eigenvalue weighted by molar-refractivity contribution is 5.94. The van der Waals surface area contributed by atoms with Crippen LogP contribution < -0.4 is 10.1 Å². The van der Waals surface area contributed by atoms with Crippen molar-refractivity contribution in [2.75, 3.05) is 7.11 Å². The number of aryl methyl sites for hydroxylation is 3. The predicted octanol–water partition coefficient (Wildman–Crippen LogP) is 3.81. The Morgan fingerprint density at radius 2 is 1.81 bits per heavy atom. The molecule has 4 rings (SSSR count). The molecule has 2 aromatic heterocycles. The topological polar surface area (TPSA) is 74.0 Å². The smallest absolute Gasteiger partial charge is 0.252 e. The Balaban J connectivity index is 1.54. The van der Waals surface area contributed by atoms with Crippen molar-refractivity contribution >= 4 is 5.91 Å². The van der Waals surface area contributed by atoms with Crippen molar-refractivity contribution in [1.82, 2.24) is 24.6 Å². The number of benzene rings is 2. The molecule has 32 heavy (non-hydrogen) atoms. The molecule has 0 aliphatic rings. The fourth-order valence-electron chi connectivity index (χ4n) is 3.73. The van der Waals surface area contributed by atoms with E-state index >= 15 is 0 Å². The molecular weight excluding hydrogens is 402 g/mol. The molecule has 0 saturated carbocycles. The molecule has 1 unspecified atom stereocenters. The van der Waals surface area contributed by atoms with E-state index in [4.69, 9.17) is 4.74 Å². The van der Waals surface area contributed by atoms with Crippen LogP contribution in [0, 0.1) is 13.8 Å². The third-order valence-corrected chi connectivity index (χ3v) is 5.49. The number of nitrogens with zero attached hydrogens (tertiary/aromatic N) is 4. The first-order valence-corrected chi connectivity index (χ1v) is 10.5. The number of ether oxygens (including phenoxy) is 1. The molecule has 0 bridgehead atoms. The van der Waals surface area contributed by atoms with Gasteiger partial charge in [-0.3, -0.25) is 9.48 Å². The number of rotatable bonds is 7. The predicted molar refractivity (Wildman–Crippen MR) is 123 cm³/mol. The highest BCUT2D eigenvalue weighted by atomic mass is 16.5. The highest BCUT2D eigenvalue weighted by Crippen LogP contribution is 2.23. The minimum Gasteiger partial charge on any atom is -0.497 e. The maximum atomic E-state index is 13.1. The summed E-state index contributed by atoms with van der Waals surface area (Å²) in [6.45, 7) is 4.69. The van der Waals surface area contributed by atoms with Crippen molar-refractivity contribution < 1.29 is 9.53 Å². The van der Waals surface area contributed by atoms with Gasteiger partial charge >= 0.3 is 0 Å². The van der Waals surface area contributed by atoms with Gasteiger partial charge < -0.3 is 14.6 Å². The molecule has 2 aromatic carbocycles. The van der Waals surface area contributed by atoms with Gasteiger partial charge in [-0.2, -0.15) is 5.10 Å². The lowest BCUT2D eigenvalue weighted by atomic mass is 10.0. The number of carbonyl (C=O) groups excluding carboxylic acids is 1. The maximum Gasteiger partial charge on any atom is 0.252 e. The molecule has 1 amide bonds. The standard InChI is InChI=1S/C25H27N5O2/c1-17-15-18(2)30(28-17)16-19-5-7-21(8-6-19)25(31)27-23(24-26-13-14-29(24)3)20-9-11-22(32-4)12-10-20/h5-15,23H,16H2,1-4H3,(H,27,31). The number of hydrogen-bond acceptors (Lipinski definition) is 4. The molecule has 164 valence electrons. The van der Waals surface area contributed by atoms with Crippen molar-refractivity contribution in [3.05, 3.63) is 101 Å². The van der Waals surface area contributed by atoms with E-state index in [1.165, 1.54) is 0 Å². The summed E-state index contributed by atoms with van der Waals surface area (Å²) in [5, 5.41) is 7.64. The Labute approximate surface area is 187 Å². The fourth-order valence-corrected chi connectivity index (χ4v) is 3.73. The summed E-state index contributed by atoms with van der Waals surface area (Å²) >= 11 is 0. The molecule has 0 spiro atoms. The molecule has 1 N–H and O–H groups in total. The Kier molecular flexibility index (Phi) is 6.07. The van der Waals surface area contributed by atoms with Crippen LogP contribution in [0.1, 0.15) is 44.7 Å². The van der Waals surface area contributed by atoms with Crippen LogP contribution in [0.5, 0.6) is 5.75 Å². The number of carbonyl (C=O) groups is 1. The average Bonchev–Trinajstić information content (AvgIpc) is 3.36. The number of amides is 1. The van der Waals surface area contributed by atoms with Gasteiger partial charge in [0.2, 0.25) is 0 Å². The fraction of sp³-hybridized carbons (Fsp3) is 0.240. The molecule has 7 nitrogen and oxygen atoms in total. The summed E-state index contributed by atoms with van der Waals surface area (Å²) in [5.74, 6) is 1.35. The van der Waals surface area contributed by atoms with Gasteiger partial charge in [0.05, 0.1) is 19.3 Å². The molecule has 0 aliphatic heterocycles. The first-order valence-electron chi connectivity index (χ1n) is 10.5. The first-order chi connectivity index (χ1) is 15.4. The van der Waals surface area contributed by atoms with Gasteiger partial charge in [-0.15, -0.1) is 0 Å². The minimum absolute atomic E-state index is 0.161. The number of methoxy groups -OCH3 is 1. The quantitative estimate of drug-likeness (QED) is 0.485. The van der Waals surface area contributed by atoms with E-state index in [0.29, 0.717) is 12.1 Å². The van der Waals surface area contributed by atoms with Gasteiger partial charge in [0.25, 0.3) is 5.91 Å². The van der Waals surface area contributed by atoms with E-state index in [2.05, 4.69) is 21.5 Å². The third kappa shape index (κ3) is 4.56. The summed E-state index contributed by atoms with van der Waals surface area (Å²) < 4.78 is 9.13.